The van der Waals surface area contributed by atoms with Gasteiger partial charge in [-0.05, 0) is 12.2 Å². The fourth-order valence-electron chi connectivity index (χ4n) is 0.433. The Bertz CT molecular complexity index is 138. The molecule has 0 saturated heterocycles. The van der Waals surface area contributed by atoms with E-state index in [-0.39, 0.29) is 5.78 Å². The lowest BCUT2D eigenvalue weighted by atomic mass is 10.3. The largest absolute Gasteiger partial charge is 0.384 e. The van der Waals surface area contributed by atoms with Gasteiger partial charge in [0, 0.05) is 13.5 Å². The predicted molar refractivity (Wildman–Crippen MR) is 36.7 cm³/mol. The summed E-state index contributed by atoms with van der Waals surface area (Å²) >= 11 is 0. The van der Waals surface area contributed by atoms with Crippen molar-refractivity contribution in [1.82, 2.24) is 0 Å². The van der Waals surface area contributed by atoms with Crippen molar-refractivity contribution in [1.29, 1.82) is 0 Å². The number of allylic oxidation sites excluding steroid dienone is 2. The highest BCUT2D eigenvalue weighted by molar-refractivity contribution is 5.92. The minimum Gasteiger partial charge on any atom is -0.384 e. The Kier molecular flexibility index (Phi) is 5.57. The van der Waals surface area contributed by atoms with E-state index in [1.807, 2.05) is 0 Å². The monoisotopic (exact) mass is 142 g/mol. The number of ketones is 1. The summed E-state index contributed by atoms with van der Waals surface area (Å²) in [6.07, 6.45) is 3.33. The molecule has 0 spiro atoms. The molecule has 0 aromatic rings. The summed E-state index contributed by atoms with van der Waals surface area (Å²) in [6.45, 7) is 0.405. The van der Waals surface area contributed by atoms with Crippen LogP contribution < -0.4 is 0 Å². The third-order valence-electron chi connectivity index (χ3n) is 0.913. The van der Waals surface area contributed by atoms with Crippen LogP contribution in [0.2, 0.25) is 0 Å². The standard InChI is InChI=1S/C7H10O3/c1-10-6-4-7(9)3-2-5-8/h2-3,5H,4,6H2,1H3/b3-2-. The molecule has 3 heteroatoms. The molecule has 0 rings (SSSR count). The lowest BCUT2D eigenvalue weighted by Gasteiger charge is -1.91. The van der Waals surface area contributed by atoms with E-state index in [0.717, 1.165) is 0 Å². The first-order valence-corrected chi connectivity index (χ1v) is 2.95. The number of rotatable bonds is 5. The lowest BCUT2D eigenvalue weighted by Crippen LogP contribution is -1.98. The van der Waals surface area contributed by atoms with Gasteiger partial charge in [0.25, 0.3) is 0 Å². The Morgan fingerprint density at radius 3 is 2.80 bits per heavy atom. The fraction of sp³-hybridized carbons (Fsp3) is 0.429. The summed E-state index contributed by atoms with van der Waals surface area (Å²) < 4.78 is 4.65. The van der Waals surface area contributed by atoms with Gasteiger partial charge < -0.3 is 4.74 Å². The molecule has 10 heavy (non-hydrogen) atoms. The molecule has 56 valence electrons. The predicted octanol–water partition coefficient (Wildman–Crippen LogP) is 0.347. The first kappa shape index (κ1) is 9.04. The summed E-state index contributed by atoms with van der Waals surface area (Å²) in [6, 6.07) is 0. The number of ether oxygens (including phenoxy) is 1. The summed E-state index contributed by atoms with van der Waals surface area (Å²) in [5, 5.41) is 0. The molecule has 0 fully saturated rings. The molecule has 0 aromatic carbocycles. The molecule has 0 atom stereocenters. The van der Waals surface area contributed by atoms with E-state index in [2.05, 4.69) is 4.74 Å². The minimum absolute atomic E-state index is 0.0889. The van der Waals surface area contributed by atoms with Gasteiger partial charge in [0.15, 0.2) is 5.78 Å². The SMILES string of the molecule is COCCC(=O)/C=C\C=O. The topological polar surface area (TPSA) is 43.4 Å². The highest BCUT2D eigenvalue weighted by Crippen LogP contribution is 1.84. The van der Waals surface area contributed by atoms with Gasteiger partial charge in [0.2, 0.25) is 0 Å². The Morgan fingerprint density at radius 2 is 2.30 bits per heavy atom. The van der Waals surface area contributed by atoms with E-state index in [0.29, 0.717) is 19.3 Å². The average Bonchev–Trinajstić information content (AvgIpc) is 1.97. The van der Waals surface area contributed by atoms with Gasteiger partial charge in [0.05, 0.1) is 6.61 Å². The molecule has 0 N–H and O–H groups in total. The second kappa shape index (κ2) is 6.16. The van der Waals surface area contributed by atoms with Crippen LogP contribution in [0.3, 0.4) is 0 Å². The van der Waals surface area contributed by atoms with Crippen LogP contribution in [0.4, 0.5) is 0 Å². The Balaban J connectivity index is 3.43. The normalized spacial score (nSPS) is 10.1. The highest BCUT2D eigenvalue weighted by Gasteiger charge is 1.93. The Labute approximate surface area is 59.7 Å². The summed E-state index contributed by atoms with van der Waals surface area (Å²) in [5.74, 6) is -0.0889. The highest BCUT2D eigenvalue weighted by atomic mass is 16.5. The quantitative estimate of drug-likeness (QED) is 0.411. The summed E-state index contributed by atoms with van der Waals surface area (Å²) in [4.78, 5) is 20.3. The molecule has 0 bridgehead atoms. The van der Waals surface area contributed by atoms with Crippen LogP contribution in [0.5, 0.6) is 0 Å². The van der Waals surface area contributed by atoms with Crippen molar-refractivity contribution < 1.29 is 14.3 Å². The fourth-order valence-corrected chi connectivity index (χ4v) is 0.433. The van der Waals surface area contributed by atoms with Crippen LogP contribution in [0, 0.1) is 0 Å². The maximum atomic E-state index is 10.6. The van der Waals surface area contributed by atoms with Crippen molar-refractivity contribution in [3.8, 4) is 0 Å². The third kappa shape index (κ3) is 5.18. The first-order chi connectivity index (χ1) is 4.81. The summed E-state index contributed by atoms with van der Waals surface area (Å²) in [5.41, 5.74) is 0. The van der Waals surface area contributed by atoms with Gasteiger partial charge in [-0.3, -0.25) is 9.59 Å². The number of hydrogen-bond acceptors (Lipinski definition) is 3. The van der Waals surface area contributed by atoms with Crippen molar-refractivity contribution in [2.75, 3.05) is 13.7 Å². The first-order valence-electron chi connectivity index (χ1n) is 2.95. The molecule has 0 aliphatic carbocycles. The minimum atomic E-state index is -0.0889. The van der Waals surface area contributed by atoms with Gasteiger partial charge in [0.1, 0.15) is 6.29 Å². The second-order valence-electron chi connectivity index (χ2n) is 1.70. The van der Waals surface area contributed by atoms with Crippen molar-refractivity contribution >= 4 is 12.1 Å². The van der Waals surface area contributed by atoms with Crippen molar-refractivity contribution in [2.45, 2.75) is 6.42 Å². The van der Waals surface area contributed by atoms with Gasteiger partial charge in [-0.15, -0.1) is 0 Å². The van der Waals surface area contributed by atoms with Gasteiger partial charge >= 0.3 is 0 Å². The van der Waals surface area contributed by atoms with Crippen molar-refractivity contribution in [3.05, 3.63) is 12.2 Å². The molecule has 0 saturated carbocycles. The zero-order valence-electron chi connectivity index (χ0n) is 5.87. The van der Waals surface area contributed by atoms with Crippen molar-refractivity contribution in [2.24, 2.45) is 0 Å². The molecule has 0 aromatic heterocycles. The van der Waals surface area contributed by atoms with Gasteiger partial charge in [-0.1, -0.05) is 0 Å². The molecule has 0 heterocycles. The van der Waals surface area contributed by atoms with Crippen LogP contribution in [0.1, 0.15) is 6.42 Å². The lowest BCUT2D eigenvalue weighted by molar-refractivity contribution is -0.115. The average molecular weight is 142 g/mol. The van der Waals surface area contributed by atoms with Crippen molar-refractivity contribution in [3.63, 3.8) is 0 Å². The molecule has 0 amide bonds. The maximum absolute atomic E-state index is 10.6. The Morgan fingerprint density at radius 1 is 1.60 bits per heavy atom. The molecular formula is C7H10O3. The molecule has 0 aliphatic rings. The second-order valence-corrected chi connectivity index (χ2v) is 1.70. The number of carbonyl (C=O) groups excluding carboxylic acids is 2. The zero-order valence-corrected chi connectivity index (χ0v) is 5.87. The number of carbonyl (C=O) groups is 2. The number of methoxy groups -OCH3 is 1. The molecule has 3 nitrogen and oxygen atoms in total. The van der Waals surface area contributed by atoms with Crippen LogP contribution in [-0.2, 0) is 14.3 Å². The zero-order chi connectivity index (χ0) is 7.82. The van der Waals surface area contributed by atoms with Crippen LogP contribution in [-0.4, -0.2) is 25.8 Å². The van der Waals surface area contributed by atoms with E-state index >= 15 is 0 Å². The smallest absolute Gasteiger partial charge is 0.158 e. The Hall–Kier alpha value is -0.960. The number of hydrogen-bond donors (Lipinski definition) is 0. The molecular weight excluding hydrogens is 132 g/mol. The van der Waals surface area contributed by atoms with Gasteiger partial charge in [-0.25, -0.2) is 0 Å². The maximum Gasteiger partial charge on any atom is 0.158 e. The third-order valence-corrected chi connectivity index (χ3v) is 0.913. The molecule has 0 unspecified atom stereocenters. The van der Waals surface area contributed by atoms with E-state index in [9.17, 15) is 9.59 Å². The van der Waals surface area contributed by atoms with E-state index in [1.54, 1.807) is 0 Å². The summed E-state index contributed by atoms with van der Waals surface area (Å²) in [7, 11) is 1.52. The molecule has 0 radical (unpaired) electrons. The van der Waals surface area contributed by atoms with Crippen LogP contribution >= 0.6 is 0 Å². The number of aldehydes is 1. The van der Waals surface area contributed by atoms with E-state index in [4.69, 9.17) is 0 Å². The van der Waals surface area contributed by atoms with Crippen LogP contribution in [0.25, 0.3) is 0 Å². The molecule has 0 aliphatic heterocycles. The van der Waals surface area contributed by atoms with E-state index in [1.165, 1.54) is 19.3 Å². The van der Waals surface area contributed by atoms with Gasteiger partial charge in [-0.2, -0.15) is 0 Å². The van der Waals surface area contributed by atoms with Crippen LogP contribution in [0.15, 0.2) is 12.2 Å². The van der Waals surface area contributed by atoms with E-state index < -0.39 is 0 Å².